The number of hydrogen-bond donors (Lipinski definition) is 0. The van der Waals surface area contributed by atoms with Crippen molar-refractivity contribution in [3.05, 3.63) is 34.8 Å². The Labute approximate surface area is 97.6 Å². The molecule has 17 heavy (non-hydrogen) atoms. The number of fused-ring (bicyclic) bond motifs is 1. The first-order valence-electron chi connectivity index (χ1n) is 5.22. The van der Waals surface area contributed by atoms with E-state index in [-0.39, 0.29) is 0 Å². The summed E-state index contributed by atoms with van der Waals surface area (Å²) in [4.78, 5) is 23.4. The number of para-hydroxylation sites is 2. The Morgan fingerprint density at radius 3 is 2.59 bits per heavy atom. The lowest BCUT2D eigenvalue weighted by molar-refractivity contribution is 0.0532. The van der Waals surface area contributed by atoms with E-state index in [2.05, 4.69) is 0 Å². The molecule has 0 saturated carbocycles. The predicted octanol–water partition coefficient (Wildman–Crippen LogP) is 2.38. The lowest BCUT2D eigenvalue weighted by Gasteiger charge is -2.18. The second-order valence-corrected chi connectivity index (χ2v) is 4.65. The van der Waals surface area contributed by atoms with Gasteiger partial charge in [0.05, 0.1) is 0 Å². The number of carbonyl (C=O) groups is 1. The molecule has 0 aliphatic carbocycles. The molecule has 0 amide bonds. The number of nitrogens with zero attached hydrogens (tertiary/aromatic N) is 1. The van der Waals surface area contributed by atoms with Gasteiger partial charge in [-0.3, -0.25) is 0 Å². The van der Waals surface area contributed by atoms with Crippen LogP contribution in [0.5, 0.6) is 0 Å². The van der Waals surface area contributed by atoms with Crippen molar-refractivity contribution in [2.45, 2.75) is 26.4 Å². The lowest BCUT2D eigenvalue weighted by Crippen LogP contribution is -2.31. The Kier molecular flexibility index (Phi) is 2.53. The van der Waals surface area contributed by atoms with Gasteiger partial charge in [0, 0.05) is 0 Å². The monoisotopic (exact) mass is 235 g/mol. The van der Waals surface area contributed by atoms with E-state index in [1.165, 1.54) is 0 Å². The van der Waals surface area contributed by atoms with Crippen molar-refractivity contribution in [2.24, 2.45) is 0 Å². The van der Waals surface area contributed by atoms with Gasteiger partial charge >= 0.3 is 11.8 Å². The van der Waals surface area contributed by atoms with Crippen LogP contribution in [0.2, 0.25) is 0 Å². The molecule has 0 fully saturated rings. The molecule has 2 rings (SSSR count). The fourth-order valence-electron chi connectivity index (χ4n) is 1.45. The summed E-state index contributed by atoms with van der Waals surface area (Å²) in [5, 5.41) is 0. The van der Waals surface area contributed by atoms with E-state index in [0.717, 1.165) is 4.57 Å². The average Bonchev–Trinajstić information content (AvgIpc) is 2.50. The number of rotatable bonds is 0. The summed E-state index contributed by atoms with van der Waals surface area (Å²) in [6.07, 6.45) is -0.729. The maximum atomic E-state index is 11.8. The van der Waals surface area contributed by atoms with Gasteiger partial charge < -0.3 is 9.15 Å². The number of benzene rings is 1. The summed E-state index contributed by atoms with van der Waals surface area (Å²) in [6.45, 7) is 5.20. The standard InChI is InChI=1S/C12H13NO4/c1-12(2,3)17-11(15)13-8-6-4-5-7-9(8)16-10(13)14/h4-7H,1-3H3. The summed E-state index contributed by atoms with van der Waals surface area (Å²) < 4.78 is 11.0. The highest BCUT2D eigenvalue weighted by Crippen LogP contribution is 2.14. The van der Waals surface area contributed by atoms with E-state index in [0.29, 0.717) is 11.1 Å². The molecule has 2 aromatic rings. The van der Waals surface area contributed by atoms with E-state index in [1.807, 2.05) is 0 Å². The summed E-state index contributed by atoms with van der Waals surface area (Å²) in [5.41, 5.74) is 0.115. The van der Waals surface area contributed by atoms with E-state index in [1.54, 1.807) is 45.0 Å². The summed E-state index contributed by atoms with van der Waals surface area (Å²) in [5.74, 6) is -0.736. The Balaban J connectivity index is 2.52. The number of hydrogen-bond acceptors (Lipinski definition) is 4. The van der Waals surface area contributed by atoms with Gasteiger partial charge in [-0.15, -0.1) is 0 Å². The normalized spacial score (nSPS) is 11.7. The van der Waals surface area contributed by atoms with E-state index in [4.69, 9.17) is 9.15 Å². The molecule has 5 nitrogen and oxygen atoms in total. The van der Waals surface area contributed by atoms with Crippen LogP contribution in [0.25, 0.3) is 11.1 Å². The van der Waals surface area contributed by atoms with Gasteiger partial charge in [0.1, 0.15) is 11.1 Å². The highest BCUT2D eigenvalue weighted by Gasteiger charge is 2.22. The lowest BCUT2D eigenvalue weighted by atomic mass is 10.2. The number of ether oxygens (including phenoxy) is 1. The van der Waals surface area contributed by atoms with Crippen LogP contribution in [0.4, 0.5) is 4.79 Å². The molecule has 0 N–H and O–H groups in total. The van der Waals surface area contributed by atoms with Crippen LogP contribution in [-0.4, -0.2) is 16.3 Å². The Morgan fingerprint density at radius 2 is 1.94 bits per heavy atom. The van der Waals surface area contributed by atoms with E-state index >= 15 is 0 Å². The molecule has 0 bridgehead atoms. The third-order valence-electron chi connectivity index (χ3n) is 2.06. The highest BCUT2D eigenvalue weighted by atomic mass is 16.6. The second-order valence-electron chi connectivity index (χ2n) is 4.65. The minimum atomic E-state index is -0.736. The molecule has 0 spiro atoms. The summed E-state index contributed by atoms with van der Waals surface area (Å²) in [7, 11) is 0. The van der Waals surface area contributed by atoms with Crippen molar-refractivity contribution >= 4 is 17.2 Å². The van der Waals surface area contributed by atoms with Crippen molar-refractivity contribution in [1.82, 2.24) is 4.57 Å². The molecule has 0 aliphatic heterocycles. The Bertz CT molecular complexity index is 615. The van der Waals surface area contributed by atoms with Gasteiger partial charge in [0.15, 0.2) is 5.58 Å². The molecule has 0 aliphatic rings. The van der Waals surface area contributed by atoms with Crippen molar-refractivity contribution in [3.8, 4) is 0 Å². The zero-order valence-electron chi connectivity index (χ0n) is 9.89. The number of oxazole rings is 1. The van der Waals surface area contributed by atoms with Crippen LogP contribution in [-0.2, 0) is 4.74 Å². The smallest absolute Gasteiger partial charge is 0.429 e. The van der Waals surface area contributed by atoms with Crippen molar-refractivity contribution < 1.29 is 13.9 Å². The van der Waals surface area contributed by atoms with E-state index in [9.17, 15) is 9.59 Å². The third-order valence-corrected chi connectivity index (χ3v) is 2.06. The van der Waals surface area contributed by atoms with Gasteiger partial charge in [0.2, 0.25) is 0 Å². The zero-order chi connectivity index (χ0) is 12.6. The van der Waals surface area contributed by atoms with Gasteiger partial charge in [0.25, 0.3) is 0 Å². The maximum absolute atomic E-state index is 11.8. The topological polar surface area (TPSA) is 61.4 Å². The first kappa shape index (κ1) is 11.4. The van der Waals surface area contributed by atoms with Crippen LogP contribution in [0.15, 0.2) is 33.5 Å². The Morgan fingerprint density at radius 1 is 1.29 bits per heavy atom. The van der Waals surface area contributed by atoms with Crippen molar-refractivity contribution in [1.29, 1.82) is 0 Å². The SMILES string of the molecule is CC(C)(C)OC(=O)n1c(=O)oc2ccccc21. The fraction of sp³-hybridized carbons (Fsp3) is 0.333. The fourth-order valence-corrected chi connectivity index (χ4v) is 1.45. The maximum Gasteiger partial charge on any atom is 0.429 e. The zero-order valence-corrected chi connectivity index (χ0v) is 9.89. The highest BCUT2D eigenvalue weighted by molar-refractivity contribution is 5.85. The first-order valence-corrected chi connectivity index (χ1v) is 5.22. The van der Waals surface area contributed by atoms with Crippen LogP contribution in [0.1, 0.15) is 20.8 Å². The molecular formula is C12H13NO4. The first-order chi connectivity index (χ1) is 7.88. The molecule has 1 aromatic carbocycles. The van der Waals surface area contributed by atoms with Crippen LogP contribution < -0.4 is 5.76 Å². The molecule has 5 heteroatoms. The quantitative estimate of drug-likeness (QED) is 0.703. The van der Waals surface area contributed by atoms with Crippen LogP contribution in [0, 0.1) is 0 Å². The van der Waals surface area contributed by atoms with Crippen LogP contribution >= 0.6 is 0 Å². The molecule has 0 saturated heterocycles. The molecule has 1 heterocycles. The minimum absolute atomic E-state index is 0.364. The summed E-state index contributed by atoms with van der Waals surface area (Å²) >= 11 is 0. The molecule has 0 radical (unpaired) electrons. The molecular weight excluding hydrogens is 222 g/mol. The second kappa shape index (κ2) is 3.76. The molecule has 1 aromatic heterocycles. The molecule has 90 valence electrons. The van der Waals surface area contributed by atoms with Gasteiger partial charge in [-0.2, -0.15) is 4.57 Å². The van der Waals surface area contributed by atoms with Gasteiger partial charge in [-0.25, -0.2) is 9.59 Å². The van der Waals surface area contributed by atoms with E-state index < -0.39 is 17.5 Å². The molecule has 0 unspecified atom stereocenters. The molecule has 0 atom stereocenters. The largest absolute Gasteiger partial charge is 0.443 e. The third kappa shape index (κ3) is 2.22. The minimum Gasteiger partial charge on any atom is -0.443 e. The average molecular weight is 235 g/mol. The predicted molar refractivity (Wildman–Crippen MR) is 62.1 cm³/mol. The van der Waals surface area contributed by atoms with Crippen molar-refractivity contribution in [3.63, 3.8) is 0 Å². The Hall–Kier alpha value is -2.04. The number of carbonyl (C=O) groups excluding carboxylic acids is 1. The summed E-state index contributed by atoms with van der Waals surface area (Å²) in [6, 6.07) is 6.70. The van der Waals surface area contributed by atoms with Gasteiger partial charge in [-0.05, 0) is 32.9 Å². The number of aromatic nitrogens is 1. The van der Waals surface area contributed by atoms with Gasteiger partial charge in [-0.1, -0.05) is 12.1 Å². The van der Waals surface area contributed by atoms with Crippen molar-refractivity contribution in [2.75, 3.05) is 0 Å². The van der Waals surface area contributed by atoms with Crippen LogP contribution in [0.3, 0.4) is 0 Å².